The number of carbonyl (C=O) groups is 1. The summed E-state index contributed by atoms with van der Waals surface area (Å²) in [7, 11) is 0. The molecule has 0 rings (SSSR count). The van der Waals surface area contributed by atoms with Crippen LogP contribution in [-0.4, -0.2) is 11.8 Å². The van der Waals surface area contributed by atoms with Gasteiger partial charge in [-0.15, -0.1) is 24.8 Å². The Morgan fingerprint density at radius 2 is 1.55 bits per heavy atom. The zero-order chi connectivity index (χ0) is 7.65. The van der Waals surface area contributed by atoms with Crippen molar-refractivity contribution >= 4 is 30.6 Å². The van der Waals surface area contributed by atoms with Gasteiger partial charge < -0.3 is 5.73 Å². The fourth-order valence-electron chi connectivity index (χ4n) is 0.683. The highest BCUT2D eigenvalue weighted by Gasteiger charge is 2.23. The maximum absolute atomic E-state index is 11.0. The highest BCUT2D eigenvalue weighted by molar-refractivity contribution is 5.88. The Kier molecular flexibility index (Phi) is 9.16. The minimum Gasteiger partial charge on any atom is -0.322 e. The Balaban J connectivity index is -0.000000320. The van der Waals surface area contributed by atoms with E-state index in [0.29, 0.717) is 0 Å². The second kappa shape index (κ2) is 5.81. The number of carbonyl (C=O) groups excluding carboxylic acids is 1. The van der Waals surface area contributed by atoms with Crippen LogP contribution in [-0.2, 0) is 4.79 Å². The van der Waals surface area contributed by atoms with Crippen LogP contribution in [0.1, 0.15) is 27.7 Å². The Morgan fingerprint density at radius 1 is 1.27 bits per heavy atom. The molecule has 0 bridgehead atoms. The lowest BCUT2D eigenvalue weighted by Gasteiger charge is -2.18. The number of nitrogens with two attached hydrogens (primary N) is 1. The lowest BCUT2D eigenvalue weighted by molar-refractivity contribution is -0.127. The zero-order valence-electron chi connectivity index (χ0n) is 7.38. The first kappa shape index (κ1) is 17.3. The summed E-state index contributed by atoms with van der Waals surface area (Å²) in [4.78, 5) is 11.0. The molecule has 0 spiro atoms. The van der Waals surface area contributed by atoms with Crippen LogP contribution >= 0.6 is 24.8 Å². The Hall–Kier alpha value is 0.210. The molecular formula is C7H17Cl2NO. The summed E-state index contributed by atoms with van der Waals surface area (Å²) < 4.78 is 0. The molecule has 0 aromatic rings. The minimum absolute atomic E-state index is 0. The van der Waals surface area contributed by atoms with Crippen molar-refractivity contribution in [3.05, 3.63) is 0 Å². The van der Waals surface area contributed by atoms with Crippen molar-refractivity contribution in [1.29, 1.82) is 0 Å². The molecule has 0 saturated heterocycles. The van der Waals surface area contributed by atoms with E-state index in [9.17, 15) is 4.79 Å². The summed E-state index contributed by atoms with van der Waals surface area (Å²) in [5, 5.41) is 0. The molecule has 0 aliphatic carbocycles. The summed E-state index contributed by atoms with van der Waals surface area (Å²) in [6, 6.07) is -0.329. The van der Waals surface area contributed by atoms with Crippen molar-refractivity contribution in [3.63, 3.8) is 0 Å². The van der Waals surface area contributed by atoms with E-state index < -0.39 is 0 Å². The number of ketones is 1. The van der Waals surface area contributed by atoms with E-state index in [1.807, 2.05) is 20.8 Å². The van der Waals surface area contributed by atoms with Gasteiger partial charge in [-0.2, -0.15) is 0 Å². The van der Waals surface area contributed by atoms with Crippen LogP contribution in [0, 0.1) is 5.41 Å². The molecule has 0 aliphatic heterocycles. The van der Waals surface area contributed by atoms with Gasteiger partial charge in [-0.05, 0) is 6.92 Å². The molecule has 4 heteroatoms. The van der Waals surface area contributed by atoms with Crippen LogP contribution in [0.3, 0.4) is 0 Å². The van der Waals surface area contributed by atoms with Gasteiger partial charge in [-0.25, -0.2) is 0 Å². The lowest BCUT2D eigenvalue weighted by atomic mass is 9.87. The number of halogens is 2. The molecule has 70 valence electrons. The van der Waals surface area contributed by atoms with Crippen LogP contribution in [0.15, 0.2) is 0 Å². The molecule has 0 aromatic carbocycles. The third-order valence-corrected chi connectivity index (χ3v) is 1.15. The van der Waals surface area contributed by atoms with E-state index in [-0.39, 0.29) is 42.1 Å². The molecule has 0 saturated carbocycles. The van der Waals surface area contributed by atoms with Gasteiger partial charge in [0.05, 0.1) is 6.04 Å². The number of rotatable bonds is 1. The average molecular weight is 202 g/mol. The molecule has 2 N–H and O–H groups in total. The summed E-state index contributed by atoms with van der Waals surface area (Å²) >= 11 is 0. The molecule has 2 nitrogen and oxygen atoms in total. The van der Waals surface area contributed by atoms with Gasteiger partial charge in [-0.3, -0.25) is 4.79 Å². The number of Topliss-reactive ketones (excluding diaryl/α,β-unsaturated/α-hetero) is 1. The van der Waals surface area contributed by atoms with Crippen LogP contribution in [0.2, 0.25) is 0 Å². The molecule has 11 heavy (non-hydrogen) atoms. The molecule has 0 heterocycles. The Labute approximate surface area is 80.7 Å². The highest BCUT2D eigenvalue weighted by atomic mass is 35.5. The van der Waals surface area contributed by atoms with Crippen LogP contribution < -0.4 is 5.73 Å². The van der Waals surface area contributed by atoms with E-state index in [1.54, 1.807) is 6.92 Å². The lowest BCUT2D eigenvalue weighted by Crippen LogP contribution is -2.36. The number of hydrogen-bond acceptors (Lipinski definition) is 2. The van der Waals surface area contributed by atoms with Gasteiger partial charge in [0, 0.05) is 5.41 Å². The normalized spacial score (nSPS) is 12.5. The molecule has 1 unspecified atom stereocenters. The van der Waals surface area contributed by atoms with Gasteiger partial charge in [0.1, 0.15) is 0 Å². The van der Waals surface area contributed by atoms with Crippen molar-refractivity contribution in [2.45, 2.75) is 33.7 Å². The fourth-order valence-corrected chi connectivity index (χ4v) is 0.683. The zero-order valence-corrected chi connectivity index (χ0v) is 9.01. The quantitative estimate of drug-likeness (QED) is 0.704. The molecule has 0 amide bonds. The van der Waals surface area contributed by atoms with Crippen molar-refractivity contribution < 1.29 is 4.79 Å². The minimum atomic E-state index is -0.329. The van der Waals surface area contributed by atoms with Crippen molar-refractivity contribution in [1.82, 2.24) is 0 Å². The van der Waals surface area contributed by atoms with Gasteiger partial charge in [0.25, 0.3) is 0 Å². The fraction of sp³-hybridized carbons (Fsp3) is 0.857. The van der Waals surface area contributed by atoms with Crippen molar-refractivity contribution in [3.8, 4) is 0 Å². The third-order valence-electron chi connectivity index (χ3n) is 1.15. The van der Waals surface area contributed by atoms with Crippen LogP contribution in [0.25, 0.3) is 0 Å². The first-order valence-corrected chi connectivity index (χ1v) is 3.15. The molecule has 0 fully saturated rings. The topological polar surface area (TPSA) is 43.1 Å². The van der Waals surface area contributed by atoms with Gasteiger partial charge in [0.2, 0.25) is 0 Å². The predicted octanol–water partition coefficient (Wildman–Crippen LogP) is 1.79. The Bertz CT molecular complexity index is 118. The molecule has 0 aromatic heterocycles. The maximum atomic E-state index is 11.0. The molecule has 1 atom stereocenters. The standard InChI is InChI=1S/C7H15NO.2ClH/c1-5(8)6(9)7(2,3)4;;/h5H,8H2,1-4H3;2*1H. The van der Waals surface area contributed by atoms with E-state index in [0.717, 1.165) is 0 Å². The van der Waals surface area contributed by atoms with Gasteiger partial charge in [0.15, 0.2) is 5.78 Å². The second-order valence-corrected chi connectivity index (χ2v) is 3.40. The van der Waals surface area contributed by atoms with Gasteiger partial charge in [-0.1, -0.05) is 20.8 Å². The summed E-state index contributed by atoms with van der Waals surface area (Å²) in [6.07, 6.45) is 0. The van der Waals surface area contributed by atoms with E-state index in [4.69, 9.17) is 5.73 Å². The third kappa shape index (κ3) is 6.60. The Morgan fingerprint density at radius 3 is 1.55 bits per heavy atom. The van der Waals surface area contributed by atoms with Crippen LogP contribution in [0.5, 0.6) is 0 Å². The molecule has 0 radical (unpaired) electrons. The average Bonchev–Trinajstić information content (AvgIpc) is 1.62. The molecule has 0 aliphatic rings. The summed E-state index contributed by atoms with van der Waals surface area (Å²) in [6.45, 7) is 7.34. The molecular weight excluding hydrogens is 185 g/mol. The van der Waals surface area contributed by atoms with Gasteiger partial charge >= 0.3 is 0 Å². The first-order chi connectivity index (χ1) is 3.85. The first-order valence-electron chi connectivity index (χ1n) is 3.15. The SMILES string of the molecule is CC(N)C(=O)C(C)(C)C.Cl.Cl. The maximum Gasteiger partial charge on any atom is 0.154 e. The summed E-state index contributed by atoms with van der Waals surface area (Å²) in [5.41, 5.74) is 5.09. The van der Waals surface area contributed by atoms with E-state index >= 15 is 0 Å². The smallest absolute Gasteiger partial charge is 0.154 e. The number of hydrogen-bond donors (Lipinski definition) is 1. The highest BCUT2D eigenvalue weighted by Crippen LogP contribution is 2.15. The second-order valence-electron chi connectivity index (χ2n) is 3.40. The predicted molar refractivity (Wildman–Crippen MR) is 52.6 cm³/mol. The van der Waals surface area contributed by atoms with E-state index in [2.05, 4.69) is 0 Å². The monoisotopic (exact) mass is 201 g/mol. The van der Waals surface area contributed by atoms with Crippen molar-refractivity contribution in [2.75, 3.05) is 0 Å². The largest absolute Gasteiger partial charge is 0.322 e. The van der Waals surface area contributed by atoms with E-state index in [1.165, 1.54) is 0 Å². The summed E-state index contributed by atoms with van der Waals surface area (Å²) in [5.74, 6) is 0.113. The van der Waals surface area contributed by atoms with Crippen molar-refractivity contribution in [2.24, 2.45) is 11.1 Å². The van der Waals surface area contributed by atoms with Crippen LogP contribution in [0.4, 0.5) is 0 Å².